The van der Waals surface area contributed by atoms with Crippen molar-refractivity contribution in [2.45, 2.75) is 0 Å². The summed E-state index contributed by atoms with van der Waals surface area (Å²) >= 11 is 0. The molecule has 0 saturated heterocycles. The molecule has 0 aliphatic rings. The monoisotopic (exact) mass is 854 g/mol. The van der Waals surface area contributed by atoms with Gasteiger partial charge < -0.3 is 13.9 Å². The largest absolute Gasteiger partial charge is 0.456 e. The summed E-state index contributed by atoms with van der Waals surface area (Å²) in [5.74, 6) is 0. The SMILES string of the molecule is c1ccc2cc(-c3ccc(N(c4ccc(-c5ccc(-c6cccc7oc8ccccc8c67)cc5)cc4)c4ccc(-c5ccc(-n6c7ccccc7c7ccccc76)cc5)cc4)cc3)ccc2c1. The molecule has 0 radical (unpaired) electrons. The highest BCUT2D eigenvalue weighted by Gasteiger charge is 2.17. The minimum Gasteiger partial charge on any atom is -0.456 e. The first-order chi connectivity index (χ1) is 33.2. The van der Waals surface area contributed by atoms with E-state index >= 15 is 0 Å². The summed E-state index contributed by atoms with van der Waals surface area (Å²) in [5.41, 5.74) is 18.1. The minimum atomic E-state index is 0.908. The van der Waals surface area contributed by atoms with Gasteiger partial charge in [0.25, 0.3) is 0 Å². The Hall–Kier alpha value is -8.92. The van der Waals surface area contributed by atoms with Crippen molar-refractivity contribution in [3.63, 3.8) is 0 Å². The Kier molecular flexibility index (Phi) is 9.17. The van der Waals surface area contributed by atoms with Crippen molar-refractivity contribution in [2.24, 2.45) is 0 Å². The Labute approximate surface area is 388 Å². The van der Waals surface area contributed by atoms with Crippen LogP contribution < -0.4 is 4.90 Å². The zero-order chi connectivity index (χ0) is 44.3. The maximum absolute atomic E-state index is 6.20. The Morgan fingerprint density at radius 1 is 0.299 bits per heavy atom. The van der Waals surface area contributed by atoms with Crippen LogP contribution in [0, 0.1) is 0 Å². The molecule has 0 N–H and O–H groups in total. The summed E-state index contributed by atoms with van der Waals surface area (Å²) < 4.78 is 8.57. The van der Waals surface area contributed by atoms with Crippen molar-refractivity contribution in [2.75, 3.05) is 4.90 Å². The molecular formula is C64H42N2O. The molecule has 0 amide bonds. The number of nitrogens with zero attached hydrogens (tertiary/aromatic N) is 2. The molecule has 0 fully saturated rings. The fourth-order valence-corrected chi connectivity index (χ4v) is 10.1. The minimum absolute atomic E-state index is 0.908. The van der Waals surface area contributed by atoms with Crippen LogP contribution in [0.5, 0.6) is 0 Å². The van der Waals surface area contributed by atoms with Crippen LogP contribution in [-0.4, -0.2) is 4.57 Å². The van der Waals surface area contributed by atoms with Gasteiger partial charge in [0.2, 0.25) is 0 Å². The van der Waals surface area contributed by atoms with E-state index in [9.17, 15) is 0 Å². The third-order valence-corrected chi connectivity index (χ3v) is 13.4. The highest BCUT2D eigenvalue weighted by Crippen LogP contribution is 2.40. The van der Waals surface area contributed by atoms with Crippen LogP contribution in [-0.2, 0) is 0 Å². The Morgan fingerprint density at radius 2 is 0.731 bits per heavy atom. The molecule has 0 aliphatic heterocycles. The molecule has 0 atom stereocenters. The van der Waals surface area contributed by atoms with Crippen LogP contribution in [0.1, 0.15) is 0 Å². The van der Waals surface area contributed by atoms with Crippen molar-refractivity contribution in [3.05, 3.63) is 255 Å². The number of para-hydroxylation sites is 3. The maximum atomic E-state index is 6.20. The van der Waals surface area contributed by atoms with E-state index in [1.54, 1.807) is 0 Å². The summed E-state index contributed by atoms with van der Waals surface area (Å²) in [6, 6.07) is 91.9. The average Bonchev–Trinajstić information content (AvgIpc) is 3.96. The van der Waals surface area contributed by atoms with Crippen LogP contribution in [0.25, 0.3) is 105 Å². The summed E-state index contributed by atoms with van der Waals surface area (Å²) in [6.45, 7) is 0. The number of furan rings is 1. The van der Waals surface area contributed by atoms with Crippen LogP contribution in [0.4, 0.5) is 17.1 Å². The van der Waals surface area contributed by atoms with Gasteiger partial charge in [0.05, 0.1) is 11.0 Å². The second-order valence-electron chi connectivity index (χ2n) is 17.3. The fourth-order valence-electron chi connectivity index (χ4n) is 10.1. The summed E-state index contributed by atoms with van der Waals surface area (Å²) in [7, 11) is 0. The van der Waals surface area contributed by atoms with E-state index in [4.69, 9.17) is 4.42 Å². The van der Waals surface area contributed by atoms with Crippen LogP contribution in [0.3, 0.4) is 0 Å². The zero-order valence-electron chi connectivity index (χ0n) is 36.6. The van der Waals surface area contributed by atoms with Gasteiger partial charge in [-0.1, -0.05) is 176 Å². The van der Waals surface area contributed by atoms with Crippen molar-refractivity contribution in [1.82, 2.24) is 4.57 Å². The highest BCUT2D eigenvalue weighted by atomic mass is 16.3. The highest BCUT2D eigenvalue weighted by molar-refractivity contribution is 6.12. The maximum Gasteiger partial charge on any atom is 0.136 e. The zero-order valence-corrected chi connectivity index (χ0v) is 36.6. The van der Waals surface area contributed by atoms with Gasteiger partial charge in [0, 0.05) is 44.3 Å². The second-order valence-corrected chi connectivity index (χ2v) is 17.3. The summed E-state index contributed by atoms with van der Waals surface area (Å²) in [6.07, 6.45) is 0. The molecule has 2 aromatic heterocycles. The molecule has 11 aromatic carbocycles. The molecule has 0 unspecified atom stereocenters. The van der Waals surface area contributed by atoms with Gasteiger partial charge in [-0.05, 0) is 134 Å². The lowest BCUT2D eigenvalue weighted by Crippen LogP contribution is -2.09. The first-order valence-electron chi connectivity index (χ1n) is 22.9. The van der Waals surface area contributed by atoms with Gasteiger partial charge in [-0.2, -0.15) is 0 Å². The lowest BCUT2D eigenvalue weighted by atomic mass is 9.97. The van der Waals surface area contributed by atoms with Gasteiger partial charge in [0.15, 0.2) is 0 Å². The van der Waals surface area contributed by atoms with E-state index in [1.807, 2.05) is 12.1 Å². The number of benzene rings is 11. The van der Waals surface area contributed by atoms with E-state index in [0.717, 1.165) is 50.3 Å². The van der Waals surface area contributed by atoms with Crippen molar-refractivity contribution < 1.29 is 4.42 Å². The first kappa shape index (κ1) is 38.5. The molecule has 0 bridgehead atoms. The number of hydrogen-bond acceptors (Lipinski definition) is 2. The number of aromatic nitrogens is 1. The summed E-state index contributed by atoms with van der Waals surface area (Å²) in [4.78, 5) is 2.35. The molecule has 0 aliphatic carbocycles. The van der Waals surface area contributed by atoms with E-state index in [0.29, 0.717) is 0 Å². The predicted molar refractivity (Wildman–Crippen MR) is 282 cm³/mol. The van der Waals surface area contributed by atoms with Gasteiger partial charge in [-0.25, -0.2) is 0 Å². The van der Waals surface area contributed by atoms with E-state index < -0.39 is 0 Å². The number of hydrogen-bond donors (Lipinski definition) is 0. The Morgan fingerprint density at radius 3 is 1.33 bits per heavy atom. The van der Waals surface area contributed by atoms with Crippen LogP contribution in [0.2, 0.25) is 0 Å². The molecule has 2 heterocycles. The van der Waals surface area contributed by atoms with Crippen molar-refractivity contribution >= 4 is 71.6 Å². The normalized spacial score (nSPS) is 11.6. The smallest absolute Gasteiger partial charge is 0.136 e. The Bertz CT molecular complexity index is 3880. The molecule has 3 heteroatoms. The second kappa shape index (κ2) is 16.0. The molecule has 13 rings (SSSR count). The van der Waals surface area contributed by atoms with E-state index in [2.05, 4.69) is 252 Å². The van der Waals surface area contributed by atoms with Crippen molar-refractivity contribution in [1.29, 1.82) is 0 Å². The number of rotatable bonds is 8. The van der Waals surface area contributed by atoms with Crippen LogP contribution >= 0.6 is 0 Å². The lowest BCUT2D eigenvalue weighted by Gasteiger charge is -2.26. The third kappa shape index (κ3) is 6.76. The number of fused-ring (bicyclic) bond motifs is 7. The lowest BCUT2D eigenvalue weighted by molar-refractivity contribution is 0.669. The van der Waals surface area contributed by atoms with Gasteiger partial charge >= 0.3 is 0 Å². The first-order valence-corrected chi connectivity index (χ1v) is 22.9. The van der Waals surface area contributed by atoms with E-state index in [1.165, 1.54) is 71.5 Å². The molecule has 0 saturated carbocycles. The molecule has 0 spiro atoms. The number of anilines is 3. The molecule has 314 valence electrons. The predicted octanol–water partition coefficient (Wildman–Crippen LogP) is 18.0. The van der Waals surface area contributed by atoms with Gasteiger partial charge in [-0.15, -0.1) is 0 Å². The Balaban J connectivity index is 0.827. The fraction of sp³-hybridized carbons (Fsp3) is 0. The molecule has 3 nitrogen and oxygen atoms in total. The van der Waals surface area contributed by atoms with Gasteiger partial charge in [0.1, 0.15) is 11.2 Å². The quantitative estimate of drug-likeness (QED) is 0.152. The van der Waals surface area contributed by atoms with Crippen molar-refractivity contribution in [3.8, 4) is 50.2 Å². The molecule has 13 aromatic rings. The topological polar surface area (TPSA) is 21.3 Å². The average molecular weight is 855 g/mol. The standard InChI is InChI=1S/C64H42N2O/c1-2-11-50-42-51(25-22-43(50)10-1)48-32-38-54(39-33-48)65(52-34-26-45(27-35-52)44-20-23-49(24-21-44)56-15-9-19-63-64(56)59-14-5-8-18-62(59)67-63)53-36-28-46(29-37-53)47-30-40-55(41-31-47)66-60-16-6-3-12-57(60)58-13-4-7-17-61(58)66/h1-42H. The third-order valence-electron chi connectivity index (χ3n) is 13.4. The van der Waals surface area contributed by atoms with Crippen LogP contribution in [0.15, 0.2) is 259 Å². The molecule has 67 heavy (non-hydrogen) atoms. The summed E-state index contributed by atoms with van der Waals surface area (Å²) in [5, 5.41) is 7.32. The van der Waals surface area contributed by atoms with E-state index in [-0.39, 0.29) is 0 Å². The van der Waals surface area contributed by atoms with Gasteiger partial charge in [-0.3, -0.25) is 0 Å². The molecular weight excluding hydrogens is 813 g/mol.